The van der Waals surface area contributed by atoms with Gasteiger partial charge in [-0.1, -0.05) is 49.2 Å². The third kappa shape index (κ3) is 3.88. The Labute approximate surface area is 154 Å². The van der Waals surface area contributed by atoms with E-state index < -0.39 is 0 Å². The lowest BCUT2D eigenvalue weighted by Crippen LogP contribution is -2.36. The van der Waals surface area contributed by atoms with Crippen molar-refractivity contribution in [1.82, 2.24) is 5.32 Å². The van der Waals surface area contributed by atoms with Crippen LogP contribution in [0, 0.1) is 17.2 Å². The monoisotopic (exact) mass is 348 g/mol. The van der Waals surface area contributed by atoms with Crippen molar-refractivity contribution in [2.75, 3.05) is 13.7 Å². The minimum atomic E-state index is -0.0727. The third-order valence-corrected chi connectivity index (χ3v) is 5.21. The average Bonchev–Trinajstić information content (AvgIpc) is 2.72. The van der Waals surface area contributed by atoms with Crippen LogP contribution in [-0.4, -0.2) is 19.6 Å². The summed E-state index contributed by atoms with van der Waals surface area (Å²) in [7, 11) is 1.66. The molecule has 2 unspecified atom stereocenters. The molecular formula is C22H24N2O2. The van der Waals surface area contributed by atoms with Crippen LogP contribution in [0.1, 0.15) is 37.2 Å². The molecule has 0 saturated heterocycles. The zero-order valence-corrected chi connectivity index (χ0v) is 15.1. The van der Waals surface area contributed by atoms with Gasteiger partial charge in [-0.3, -0.25) is 4.79 Å². The zero-order chi connectivity index (χ0) is 18.4. The minimum Gasteiger partial charge on any atom is -0.497 e. The molecule has 1 amide bonds. The summed E-state index contributed by atoms with van der Waals surface area (Å²) in [5, 5.41) is 11.5. The first-order valence-electron chi connectivity index (χ1n) is 9.12. The van der Waals surface area contributed by atoms with Gasteiger partial charge in [0.05, 0.1) is 13.2 Å². The van der Waals surface area contributed by atoms with Crippen molar-refractivity contribution >= 4 is 5.91 Å². The van der Waals surface area contributed by atoms with Crippen molar-refractivity contribution in [1.29, 1.82) is 5.26 Å². The van der Waals surface area contributed by atoms with Crippen molar-refractivity contribution in [3.8, 4) is 22.9 Å². The van der Waals surface area contributed by atoms with E-state index in [0.29, 0.717) is 0 Å². The molecule has 0 heterocycles. The third-order valence-electron chi connectivity index (χ3n) is 5.21. The number of benzene rings is 2. The maximum absolute atomic E-state index is 12.6. The van der Waals surface area contributed by atoms with Gasteiger partial charge in [0, 0.05) is 5.92 Å². The van der Waals surface area contributed by atoms with Crippen molar-refractivity contribution in [3.63, 3.8) is 0 Å². The molecule has 2 atom stereocenters. The predicted octanol–water partition coefficient (Wildman–Crippen LogP) is 4.28. The smallest absolute Gasteiger partial charge is 0.224 e. The Morgan fingerprint density at radius 3 is 2.62 bits per heavy atom. The Balaban J connectivity index is 1.94. The lowest BCUT2D eigenvalue weighted by atomic mass is 9.73. The van der Waals surface area contributed by atoms with Gasteiger partial charge >= 0.3 is 0 Å². The minimum absolute atomic E-state index is 0.000726. The standard InChI is InChI=1S/C22H24N2O2/c1-26-17-12-10-16(11-13-17)18-6-2-3-7-19(18)20-8-4-5-9-21(20)22(25)24-15-14-23/h2-3,6-7,10-13,20-21H,4-5,8-9,15H2,1H3,(H,24,25). The van der Waals surface area contributed by atoms with Gasteiger partial charge in [0.25, 0.3) is 0 Å². The van der Waals surface area contributed by atoms with Crippen molar-refractivity contribution in [2.45, 2.75) is 31.6 Å². The van der Waals surface area contributed by atoms with Crippen LogP contribution < -0.4 is 10.1 Å². The van der Waals surface area contributed by atoms with Gasteiger partial charge in [-0.15, -0.1) is 0 Å². The number of hydrogen-bond acceptors (Lipinski definition) is 3. The number of carbonyl (C=O) groups is 1. The Kier molecular flexibility index (Phi) is 5.91. The molecule has 2 aromatic carbocycles. The number of hydrogen-bond donors (Lipinski definition) is 1. The van der Waals surface area contributed by atoms with Crippen LogP contribution in [0.4, 0.5) is 0 Å². The summed E-state index contributed by atoms with van der Waals surface area (Å²) in [4.78, 5) is 12.6. The van der Waals surface area contributed by atoms with E-state index in [1.54, 1.807) is 7.11 Å². The van der Waals surface area contributed by atoms with Crippen LogP contribution in [0.5, 0.6) is 5.75 Å². The molecule has 0 aromatic heterocycles. The summed E-state index contributed by atoms with van der Waals surface area (Å²) in [6, 6.07) is 18.4. The molecule has 1 fully saturated rings. The van der Waals surface area contributed by atoms with Crippen molar-refractivity contribution in [3.05, 3.63) is 54.1 Å². The molecule has 26 heavy (non-hydrogen) atoms. The van der Waals surface area contributed by atoms with Gasteiger partial charge in [0.2, 0.25) is 5.91 Å². The average molecular weight is 348 g/mol. The summed E-state index contributed by atoms with van der Waals surface area (Å²) in [6.45, 7) is 0.0716. The number of amides is 1. The fourth-order valence-corrected chi connectivity index (χ4v) is 3.93. The fraction of sp³-hybridized carbons (Fsp3) is 0.364. The number of carbonyl (C=O) groups excluding carboxylic acids is 1. The Bertz CT molecular complexity index is 793. The van der Waals surface area contributed by atoms with E-state index in [4.69, 9.17) is 10.00 Å². The van der Waals surface area contributed by atoms with E-state index >= 15 is 0 Å². The summed E-state index contributed by atoms with van der Waals surface area (Å²) >= 11 is 0. The van der Waals surface area contributed by atoms with Gasteiger partial charge in [0.1, 0.15) is 12.3 Å². The van der Waals surface area contributed by atoms with Crippen LogP contribution >= 0.6 is 0 Å². The maximum atomic E-state index is 12.6. The van der Waals surface area contributed by atoms with E-state index in [2.05, 4.69) is 29.6 Å². The molecule has 0 radical (unpaired) electrons. The molecule has 1 aliphatic rings. The molecule has 3 rings (SSSR count). The molecule has 2 aromatic rings. The largest absolute Gasteiger partial charge is 0.497 e. The number of nitrogens with one attached hydrogen (secondary N) is 1. The molecule has 1 N–H and O–H groups in total. The highest BCUT2D eigenvalue weighted by atomic mass is 16.5. The molecule has 0 bridgehead atoms. The molecule has 0 spiro atoms. The highest BCUT2D eigenvalue weighted by Crippen LogP contribution is 2.42. The van der Waals surface area contributed by atoms with E-state index in [0.717, 1.165) is 37.0 Å². The Hall–Kier alpha value is -2.80. The first kappa shape index (κ1) is 18.0. The number of nitrogens with zero attached hydrogens (tertiary/aromatic N) is 1. The second kappa shape index (κ2) is 8.53. The highest BCUT2D eigenvalue weighted by molar-refractivity contribution is 5.81. The fourth-order valence-electron chi connectivity index (χ4n) is 3.93. The van der Waals surface area contributed by atoms with Gasteiger partial charge in [-0.25, -0.2) is 0 Å². The molecule has 1 aliphatic carbocycles. The Morgan fingerprint density at radius 2 is 1.88 bits per heavy atom. The predicted molar refractivity (Wildman–Crippen MR) is 102 cm³/mol. The number of methoxy groups -OCH3 is 1. The van der Waals surface area contributed by atoms with Crippen LogP contribution in [0.2, 0.25) is 0 Å². The van der Waals surface area contributed by atoms with Crippen LogP contribution in [0.15, 0.2) is 48.5 Å². The van der Waals surface area contributed by atoms with Crippen molar-refractivity contribution in [2.24, 2.45) is 5.92 Å². The van der Waals surface area contributed by atoms with Crippen LogP contribution in [0.25, 0.3) is 11.1 Å². The van der Waals surface area contributed by atoms with Crippen LogP contribution in [-0.2, 0) is 4.79 Å². The second-order valence-electron chi connectivity index (χ2n) is 6.69. The lowest BCUT2D eigenvalue weighted by molar-refractivity contribution is -0.126. The molecule has 134 valence electrons. The van der Waals surface area contributed by atoms with Gasteiger partial charge in [-0.2, -0.15) is 5.26 Å². The van der Waals surface area contributed by atoms with Gasteiger partial charge in [0.15, 0.2) is 0 Å². The Morgan fingerprint density at radius 1 is 1.15 bits per heavy atom. The number of ether oxygens (including phenoxy) is 1. The molecule has 4 heteroatoms. The van der Waals surface area contributed by atoms with E-state index in [1.165, 1.54) is 11.1 Å². The topological polar surface area (TPSA) is 62.1 Å². The van der Waals surface area contributed by atoms with Crippen LogP contribution in [0.3, 0.4) is 0 Å². The lowest BCUT2D eigenvalue weighted by Gasteiger charge is -2.32. The first-order valence-corrected chi connectivity index (χ1v) is 9.12. The number of nitriles is 1. The zero-order valence-electron chi connectivity index (χ0n) is 15.1. The summed E-state index contributed by atoms with van der Waals surface area (Å²) < 4.78 is 5.26. The van der Waals surface area contributed by atoms with E-state index in [9.17, 15) is 4.79 Å². The maximum Gasteiger partial charge on any atom is 0.224 e. The summed E-state index contributed by atoms with van der Waals surface area (Å²) in [5.41, 5.74) is 3.51. The number of rotatable bonds is 5. The normalized spacial score (nSPS) is 19.4. The molecule has 1 saturated carbocycles. The molecule has 0 aliphatic heterocycles. The second-order valence-corrected chi connectivity index (χ2v) is 6.69. The summed E-state index contributed by atoms with van der Waals surface area (Å²) in [5.74, 6) is 0.940. The van der Waals surface area contributed by atoms with Crippen molar-refractivity contribution < 1.29 is 9.53 Å². The molecule has 4 nitrogen and oxygen atoms in total. The summed E-state index contributed by atoms with van der Waals surface area (Å²) in [6.07, 6.45) is 4.06. The SMILES string of the molecule is COc1ccc(-c2ccccc2C2CCCCC2C(=O)NCC#N)cc1. The van der Waals surface area contributed by atoms with Gasteiger partial charge in [-0.05, 0) is 47.6 Å². The van der Waals surface area contributed by atoms with Gasteiger partial charge < -0.3 is 10.1 Å². The van der Waals surface area contributed by atoms with E-state index in [1.807, 2.05) is 30.3 Å². The highest BCUT2D eigenvalue weighted by Gasteiger charge is 2.33. The molecular weight excluding hydrogens is 324 g/mol. The quantitative estimate of drug-likeness (QED) is 0.821. The first-order chi connectivity index (χ1) is 12.7. The van der Waals surface area contributed by atoms with E-state index in [-0.39, 0.29) is 24.3 Å².